The van der Waals surface area contributed by atoms with Gasteiger partial charge in [0.1, 0.15) is 0 Å². The second-order valence-electron chi connectivity index (χ2n) is 7.43. The molecule has 3 rings (SSSR count). The number of imidazole rings is 1. The third-order valence-corrected chi connectivity index (χ3v) is 5.14. The van der Waals surface area contributed by atoms with Crippen LogP contribution in [-0.2, 0) is 0 Å². The summed E-state index contributed by atoms with van der Waals surface area (Å²) in [6, 6.07) is 16.6. The summed E-state index contributed by atoms with van der Waals surface area (Å²) < 4.78 is 42.7. The quantitative estimate of drug-likeness (QED) is 0.157. The fourth-order valence-electron chi connectivity index (χ4n) is 2.70. The molecule has 0 aliphatic carbocycles. The summed E-state index contributed by atoms with van der Waals surface area (Å²) in [5.74, 6) is 0. The molecule has 2 aromatic carbocycles. The van der Waals surface area contributed by atoms with Crippen LogP contribution in [0.1, 0.15) is 11.1 Å². The molecule has 0 bridgehead atoms. The lowest BCUT2D eigenvalue weighted by Gasteiger charge is -2.11. The smallest absolute Gasteiger partial charge is 0.418 e. The Labute approximate surface area is 201 Å². The highest BCUT2D eigenvalue weighted by molar-refractivity contribution is 7.98. The first-order valence-electron chi connectivity index (χ1n) is 10.2. The van der Waals surface area contributed by atoms with Crippen molar-refractivity contribution in [1.29, 1.82) is 0 Å². The summed E-state index contributed by atoms with van der Waals surface area (Å²) >= 11 is 1.60. The average Bonchev–Trinajstić information content (AvgIpc) is 3.17. The van der Waals surface area contributed by atoms with Crippen LogP contribution in [0.3, 0.4) is 0 Å². The Balaban J connectivity index is 0.000000739. The first kappa shape index (κ1) is 27.0. The van der Waals surface area contributed by atoms with Gasteiger partial charge in [-0.1, -0.05) is 43.8 Å². The number of rotatable bonds is 7. The van der Waals surface area contributed by atoms with E-state index in [0.29, 0.717) is 0 Å². The van der Waals surface area contributed by atoms with Gasteiger partial charge in [0, 0.05) is 39.6 Å². The Kier molecular flexibility index (Phi) is 9.73. The zero-order valence-electron chi connectivity index (χ0n) is 19.6. The molecule has 0 N–H and O–H groups in total. The van der Waals surface area contributed by atoms with Crippen LogP contribution in [0.4, 0.5) is 28.6 Å². The zero-order chi connectivity index (χ0) is 25.3. The molecule has 0 saturated heterocycles. The zero-order valence-corrected chi connectivity index (χ0v) is 20.4. The standard InChI is InChI=1S/C22H27N6S.BF4/c1-25(2)20-10-6-18(7-11-20)16-23-27-14-15-28(22(27)29-5)24-17-19-8-12-21(13-9-19)26(3)4;2-1(3,4)5/h6-17H,1-5H3;/q+1;-1. The van der Waals surface area contributed by atoms with E-state index in [0.717, 1.165) is 16.3 Å². The number of halogens is 4. The molecule has 3 aromatic rings. The Morgan fingerprint density at radius 1 is 0.824 bits per heavy atom. The first-order chi connectivity index (χ1) is 16.0. The van der Waals surface area contributed by atoms with Crippen molar-refractivity contribution in [2.75, 3.05) is 44.2 Å². The van der Waals surface area contributed by atoms with Gasteiger partial charge in [0.05, 0.1) is 12.4 Å². The van der Waals surface area contributed by atoms with Gasteiger partial charge in [-0.25, -0.2) is 0 Å². The van der Waals surface area contributed by atoms with E-state index in [4.69, 9.17) is 0 Å². The summed E-state index contributed by atoms with van der Waals surface area (Å²) in [4.78, 5) is 4.15. The summed E-state index contributed by atoms with van der Waals surface area (Å²) in [6.45, 7) is 0. The highest BCUT2D eigenvalue weighted by Gasteiger charge is 2.20. The molecule has 0 aliphatic rings. The van der Waals surface area contributed by atoms with Gasteiger partial charge in [-0.15, -0.1) is 0 Å². The Bertz CT molecular complexity index is 1010. The lowest BCUT2D eigenvalue weighted by atomic mass is 10.2. The molecule has 12 heteroatoms. The third-order valence-electron chi connectivity index (χ3n) is 4.41. The van der Waals surface area contributed by atoms with Crippen LogP contribution < -0.4 is 14.5 Å². The highest BCUT2D eigenvalue weighted by Crippen LogP contribution is 2.14. The molecule has 0 atom stereocenters. The molecule has 0 unspecified atom stereocenters. The van der Waals surface area contributed by atoms with Crippen LogP contribution >= 0.6 is 11.8 Å². The summed E-state index contributed by atoms with van der Waals surface area (Å²) in [5, 5.41) is 10.1. The van der Waals surface area contributed by atoms with Crippen LogP contribution in [0.5, 0.6) is 0 Å². The van der Waals surface area contributed by atoms with Crippen molar-refractivity contribution in [1.82, 2.24) is 4.68 Å². The van der Waals surface area contributed by atoms with Crippen molar-refractivity contribution in [3.63, 3.8) is 0 Å². The molecular formula is C22H27BF4N6S. The molecule has 34 heavy (non-hydrogen) atoms. The number of hydrogen-bond acceptors (Lipinski definition) is 5. The van der Waals surface area contributed by atoms with E-state index in [1.807, 2.05) is 68.6 Å². The largest absolute Gasteiger partial charge is 0.673 e. The van der Waals surface area contributed by atoms with Crippen molar-refractivity contribution < 1.29 is 21.9 Å². The van der Waals surface area contributed by atoms with Crippen molar-refractivity contribution in [3.05, 3.63) is 72.1 Å². The van der Waals surface area contributed by atoms with Crippen molar-refractivity contribution in [2.24, 2.45) is 10.2 Å². The number of thioether (sulfide) groups is 1. The van der Waals surface area contributed by atoms with Gasteiger partial charge in [0.25, 0.3) is 0 Å². The minimum atomic E-state index is -6.00. The predicted octanol–water partition coefficient (Wildman–Crippen LogP) is 4.69. The molecule has 0 fully saturated rings. The highest BCUT2D eigenvalue weighted by atomic mass is 32.2. The van der Waals surface area contributed by atoms with Crippen molar-refractivity contribution >= 4 is 42.8 Å². The monoisotopic (exact) mass is 494 g/mol. The van der Waals surface area contributed by atoms with E-state index in [-0.39, 0.29) is 0 Å². The fraction of sp³-hybridized carbons (Fsp3) is 0.227. The first-order valence-corrected chi connectivity index (χ1v) is 11.4. The van der Waals surface area contributed by atoms with Gasteiger partial charge in [-0.3, -0.25) is 0 Å². The second kappa shape index (κ2) is 12.3. The SMILES string of the molecule is CSc1n(N=Cc2ccc(N(C)C)cc2)cc[n+]1N=Cc1ccc(N(C)C)cc1.F[B-](F)(F)F. The Morgan fingerprint density at radius 3 is 1.68 bits per heavy atom. The minimum Gasteiger partial charge on any atom is -0.418 e. The number of anilines is 2. The molecule has 0 saturated carbocycles. The van der Waals surface area contributed by atoms with E-state index in [9.17, 15) is 17.3 Å². The van der Waals surface area contributed by atoms with Gasteiger partial charge in [-0.05, 0) is 53.4 Å². The van der Waals surface area contributed by atoms with E-state index in [1.54, 1.807) is 11.8 Å². The van der Waals surface area contributed by atoms with Crippen LogP contribution in [-0.4, -0.2) is 58.8 Å². The number of hydrogen-bond donors (Lipinski definition) is 0. The molecule has 0 amide bonds. The van der Waals surface area contributed by atoms with E-state index < -0.39 is 7.25 Å². The molecular weight excluding hydrogens is 467 g/mol. The van der Waals surface area contributed by atoms with E-state index in [1.165, 1.54) is 11.4 Å². The third kappa shape index (κ3) is 8.93. The van der Waals surface area contributed by atoms with Gasteiger partial charge in [-0.2, -0.15) is 0 Å². The van der Waals surface area contributed by atoms with E-state index >= 15 is 0 Å². The fourth-order valence-corrected chi connectivity index (χ4v) is 3.29. The maximum atomic E-state index is 9.75. The van der Waals surface area contributed by atoms with Crippen LogP contribution in [0, 0.1) is 0 Å². The van der Waals surface area contributed by atoms with Crippen LogP contribution in [0.2, 0.25) is 0 Å². The second-order valence-corrected chi connectivity index (χ2v) is 8.20. The van der Waals surface area contributed by atoms with Gasteiger partial charge >= 0.3 is 12.4 Å². The molecule has 1 aromatic heterocycles. The van der Waals surface area contributed by atoms with Gasteiger partial charge in [0.2, 0.25) is 0 Å². The van der Waals surface area contributed by atoms with Crippen molar-refractivity contribution in [2.45, 2.75) is 5.16 Å². The molecule has 0 aliphatic heterocycles. The number of benzene rings is 2. The van der Waals surface area contributed by atoms with Crippen LogP contribution in [0.25, 0.3) is 0 Å². The van der Waals surface area contributed by atoms with Crippen molar-refractivity contribution in [3.8, 4) is 0 Å². The summed E-state index contributed by atoms with van der Waals surface area (Å²) in [6.07, 6.45) is 9.54. The molecule has 6 nitrogen and oxygen atoms in total. The molecule has 0 spiro atoms. The van der Waals surface area contributed by atoms with Gasteiger partial charge in [0.15, 0.2) is 12.4 Å². The van der Waals surface area contributed by atoms with Gasteiger partial charge < -0.3 is 27.1 Å². The van der Waals surface area contributed by atoms with E-state index in [2.05, 4.69) is 68.5 Å². The topological polar surface area (TPSA) is 40.0 Å². The predicted molar refractivity (Wildman–Crippen MR) is 134 cm³/mol. The summed E-state index contributed by atoms with van der Waals surface area (Å²) in [5.41, 5.74) is 4.43. The number of aromatic nitrogens is 2. The summed E-state index contributed by atoms with van der Waals surface area (Å²) in [7, 11) is 2.13. The average molecular weight is 494 g/mol. The normalized spacial score (nSPS) is 11.6. The lowest BCUT2D eigenvalue weighted by Crippen LogP contribution is -2.28. The lowest BCUT2D eigenvalue weighted by molar-refractivity contribution is -0.715. The molecule has 0 radical (unpaired) electrons. The maximum absolute atomic E-state index is 9.75. The minimum absolute atomic E-state index is 0.923. The Hall–Kier alpha value is -3.28. The maximum Gasteiger partial charge on any atom is 0.673 e. The number of nitrogens with zero attached hydrogens (tertiary/aromatic N) is 6. The Morgan fingerprint density at radius 2 is 1.26 bits per heavy atom. The molecule has 1 heterocycles. The molecule has 182 valence electrons. The van der Waals surface area contributed by atoms with Crippen LogP contribution in [0.15, 0.2) is 76.3 Å².